The minimum atomic E-state index is -0.577. The van der Waals surface area contributed by atoms with E-state index < -0.39 is 5.82 Å². The van der Waals surface area contributed by atoms with Crippen molar-refractivity contribution in [3.8, 4) is 6.07 Å². The molecule has 2 rings (SSSR count). The molecule has 0 aliphatic rings. The lowest BCUT2D eigenvalue weighted by Crippen LogP contribution is -1.99. The van der Waals surface area contributed by atoms with Crippen LogP contribution in [0.3, 0.4) is 0 Å². The number of hydrogen-bond acceptors (Lipinski definition) is 4. The first-order valence-electron chi connectivity index (χ1n) is 4.88. The molecule has 0 unspecified atom stereocenters. The Labute approximate surface area is 97.5 Å². The number of nitriles is 1. The number of nitrogen functional groups attached to an aromatic ring is 1. The lowest BCUT2D eigenvalue weighted by atomic mass is 10.2. The van der Waals surface area contributed by atoms with E-state index in [1.54, 1.807) is 30.5 Å². The van der Waals surface area contributed by atoms with Gasteiger partial charge in [-0.3, -0.25) is 0 Å². The molecule has 0 radical (unpaired) electrons. The molecule has 1 aromatic heterocycles. The van der Waals surface area contributed by atoms with Crippen molar-refractivity contribution >= 4 is 17.2 Å². The number of nitrogens with one attached hydrogen (secondary N) is 1. The third-order valence-electron chi connectivity index (χ3n) is 2.19. The van der Waals surface area contributed by atoms with Crippen molar-refractivity contribution in [3.63, 3.8) is 0 Å². The van der Waals surface area contributed by atoms with Gasteiger partial charge < -0.3 is 11.1 Å². The van der Waals surface area contributed by atoms with Crippen LogP contribution in [0.25, 0.3) is 0 Å². The molecule has 4 nitrogen and oxygen atoms in total. The Bertz CT molecular complexity index is 589. The largest absolute Gasteiger partial charge is 0.396 e. The van der Waals surface area contributed by atoms with Gasteiger partial charge in [0.05, 0.1) is 11.3 Å². The van der Waals surface area contributed by atoms with Crippen LogP contribution in [0, 0.1) is 17.1 Å². The van der Waals surface area contributed by atoms with Crippen molar-refractivity contribution in [2.75, 3.05) is 11.1 Å². The summed E-state index contributed by atoms with van der Waals surface area (Å²) in [5.41, 5.74) is 6.66. The van der Waals surface area contributed by atoms with Gasteiger partial charge in [0, 0.05) is 11.9 Å². The number of pyridine rings is 1. The number of nitrogens with zero attached hydrogens (tertiary/aromatic N) is 2. The predicted molar refractivity (Wildman–Crippen MR) is 63.0 cm³/mol. The van der Waals surface area contributed by atoms with E-state index >= 15 is 0 Å². The Kier molecular flexibility index (Phi) is 2.88. The zero-order chi connectivity index (χ0) is 12.3. The smallest absolute Gasteiger partial charge is 0.153 e. The maximum Gasteiger partial charge on any atom is 0.153 e. The van der Waals surface area contributed by atoms with Gasteiger partial charge in [0.15, 0.2) is 5.82 Å². The summed E-state index contributed by atoms with van der Waals surface area (Å²) in [6, 6.07) is 9.37. The first kappa shape index (κ1) is 10.9. The summed E-state index contributed by atoms with van der Waals surface area (Å²) in [6.07, 6.45) is 1.58. The molecule has 0 atom stereocenters. The predicted octanol–water partition coefficient (Wildman–Crippen LogP) is 2.42. The molecule has 2 aromatic rings. The maximum atomic E-state index is 13.3. The average molecular weight is 228 g/mol. The minimum absolute atomic E-state index is 0.00421. The third kappa shape index (κ3) is 2.32. The molecule has 17 heavy (non-hydrogen) atoms. The Balaban J connectivity index is 2.29. The van der Waals surface area contributed by atoms with Gasteiger partial charge >= 0.3 is 0 Å². The van der Waals surface area contributed by atoms with E-state index in [0.29, 0.717) is 17.2 Å². The van der Waals surface area contributed by atoms with Gasteiger partial charge in [-0.1, -0.05) is 0 Å². The highest BCUT2D eigenvalue weighted by atomic mass is 19.1. The number of aromatic nitrogens is 1. The van der Waals surface area contributed by atoms with Gasteiger partial charge in [0.2, 0.25) is 0 Å². The number of benzene rings is 1. The number of hydrogen-bond donors (Lipinski definition) is 2. The van der Waals surface area contributed by atoms with E-state index in [2.05, 4.69) is 10.3 Å². The molecular weight excluding hydrogens is 219 g/mol. The van der Waals surface area contributed by atoms with Crippen LogP contribution in [0.1, 0.15) is 5.56 Å². The van der Waals surface area contributed by atoms with Crippen molar-refractivity contribution in [2.45, 2.75) is 0 Å². The zero-order valence-corrected chi connectivity index (χ0v) is 8.81. The molecule has 0 aliphatic carbocycles. The Hall–Kier alpha value is -2.61. The highest BCUT2D eigenvalue weighted by molar-refractivity contribution is 5.68. The average Bonchev–Trinajstić information content (AvgIpc) is 2.32. The molecule has 5 heteroatoms. The van der Waals surface area contributed by atoms with Gasteiger partial charge in [0.1, 0.15) is 11.9 Å². The molecule has 0 saturated carbocycles. The van der Waals surface area contributed by atoms with Crippen molar-refractivity contribution in [1.29, 1.82) is 5.26 Å². The minimum Gasteiger partial charge on any atom is -0.396 e. The Morgan fingerprint density at radius 2 is 2.18 bits per heavy atom. The van der Waals surface area contributed by atoms with Crippen molar-refractivity contribution in [2.24, 2.45) is 0 Å². The summed E-state index contributed by atoms with van der Waals surface area (Å²) in [5, 5.41) is 11.5. The van der Waals surface area contributed by atoms with Crippen molar-refractivity contribution in [3.05, 3.63) is 47.9 Å². The topological polar surface area (TPSA) is 74.7 Å². The van der Waals surface area contributed by atoms with Gasteiger partial charge in [-0.2, -0.15) is 5.26 Å². The standard InChI is InChI=1S/C12H9FN4/c13-10-6-9(4-3-8(10)7-14)17-12-11(15)2-1-5-16-12/h1-6H,15H2,(H,16,17). The number of halogens is 1. The first-order chi connectivity index (χ1) is 8.20. The van der Waals surface area contributed by atoms with Crippen LogP contribution in [-0.4, -0.2) is 4.98 Å². The van der Waals surface area contributed by atoms with E-state index in [-0.39, 0.29) is 5.56 Å². The van der Waals surface area contributed by atoms with Crippen molar-refractivity contribution < 1.29 is 4.39 Å². The fourth-order valence-electron chi connectivity index (χ4n) is 1.34. The quantitative estimate of drug-likeness (QED) is 0.827. The van der Waals surface area contributed by atoms with Crippen molar-refractivity contribution in [1.82, 2.24) is 4.98 Å². The molecule has 0 fully saturated rings. The Morgan fingerprint density at radius 3 is 2.82 bits per heavy atom. The second-order valence-corrected chi connectivity index (χ2v) is 3.37. The number of rotatable bonds is 2. The molecule has 0 bridgehead atoms. The summed E-state index contributed by atoms with van der Waals surface area (Å²) in [4.78, 5) is 4.02. The summed E-state index contributed by atoms with van der Waals surface area (Å²) in [5.74, 6) is -0.122. The molecule has 0 aliphatic heterocycles. The monoisotopic (exact) mass is 228 g/mol. The SMILES string of the molecule is N#Cc1ccc(Nc2ncccc2N)cc1F. The zero-order valence-electron chi connectivity index (χ0n) is 8.81. The van der Waals surface area contributed by atoms with Crippen LogP contribution in [0.4, 0.5) is 21.6 Å². The van der Waals surface area contributed by atoms with E-state index in [1.807, 2.05) is 0 Å². The third-order valence-corrected chi connectivity index (χ3v) is 2.19. The fraction of sp³-hybridized carbons (Fsp3) is 0. The lowest BCUT2D eigenvalue weighted by molar-refractivity contribution is 0.624. The summed E-state index contributed by atoms with van der Waals surface area (Å²) >= 11 is 0. The van der Waals surface area contributed by atoms with Crippen LogP contribution >= 0.6 is 0 Å². The van der Waals surface area contributed by atoms with Gasteiger partial charge in [0.25, 0.3) is 0 Å². The molecule has 3 N–H and O–H groups in total. The molecular formula is C12H9FN4. The maximum absolute atomic E-state index is 13.3. The van der Waals surface area contributed by atoms with E-state index in [1.165, 1.54) is 12.1 Å². The van der Waals surface area contributed by atoms with E-state index in [4.69, 9.17) is 11.0 Å². The van der Waals surface area contributed by atoms with Crippen LogP contribution in [-0.2, 0) is 0 Å². The van der Waals surface area contributed by atoms with Crippen LogP contribution in [0.2, 0.25) is 0 Å². The normalized spacial score (nSPS) is 9.65. The van der Waals surface area contributed by atoms with Crippen LogP contribution in [0.15, 0.2) is 36.5 Å². The summed E-state index contributed by atoms with van der Waals surface area (Å²) < 4.78 is 13.3. The van der Waals surface area contributed by atoms with E-state index in [0.717, 1.165) is 0 Å². The van der Waals surface area contributed by atoms with Crippen LogP contribution in [0.5, 0.6) is 0 Å². The van der Waals surface area contributed by atoms with Gasteiger partial charge in [-0.25, -0.2) is 9.37 Å². The molecule has 1 heterocycles. The van der Waals surface area contributed by atoms with Gasteiger partial charge in [-0.15, -0.1) is 0 Å². The second kappa shape index (κ2) is 4.49. The van der Waals surface area contributed by atoms with E-state index in [9.17, 15) is 4.39 Å². The molecule has 84 valence electrons. The lowest BCUT2D eigenvalue weighted by Gasteiger charge is -2.07. The molecule has 0 amide bonds. The Morgan fingerprint density at radius 1 is 1.35 bits per heavy atom. The summed E-state index contributed by atoms with van der Waals surface area (Å²) in [6.45, 7) is 0. The first-order valence-corrected chi connectivity index (χ1v) is 4.88. The van der Waals surface area contributed by atoms with Gasteiger partial charge in [-0.05, 0) is 30.3 Å². The molecule has 1 aromatic carbocycles. The summed E-state index contributed by atoms with van der Waals surface area (Å²) in [7, 11) is 0. The number of nitrogens with two attached hydrogens (primary N) is 1. The number of anilines is 3. The van der Waals surface area contributed by atoms with Crippen LogP contribution < -0.4 is 11.1 Å². The fourth-order valence-corrected chi connectivity index (χ4v) is 1.34. The molecule has 0 saturated heterocycles. The highest BCUT2D eigenvalue weighted by Crippen LogP contribution is 2.21. The second-order valence-electron chi connectivity index (χ2n) is 3.37. The molecule has 0 spiro atoms. The highest BCUT2D eigenvalue weighted by Gasteiger charge is 2.04.